The molecule has 5 nitrogen and oxygen atoms in total. The first-order valence-electron chi connectivity index (χ1n) is 1.93. The van der Waals surface area contributed by atoms with Gasteiger partial charge in [0.15, 0.2) is 0 Å². The Kier molecular flexibility index (Phi) is 3.03. The number of halogens is 1. The van der Waals surface area contributed by atoms with Crippen molar-refractivity contribution in [1.82, 2.24) is 5.48 Å². The van der Waals surface area contributed by atoms with Gasteiger partial charge in [-0.15, -0.1) is 10.6 Å². The minimum absolute atomic E-state index is 1.13. The third-order valence-corrected chi connectivity index (χ3v) is 0.699. The summed E-state index contributed by atoms with van der Waals surface area (Å²) < 4.78 is 24.4. The number of carbonyl (C=O) groups excluding carboxylic acids is 1. The van der Waals surface area contributed by atoms with E-state index in [1.165, 1.54) is 11.4 Å². The molecule has 0 bridgehead atoms. The lowest BCUT2D eigenvalue weighted by Gasteiger charge is -1.99. The van der Waals surface area contributed by atoms with Crippen LogP contribution in [0.1, 0.15) is 0 Å². The highest BCUT2D eigenvalue weighted by molar-refractivity contribution is 7.46. The Hall–Kier alpha value is -0.890. The van der Waals surface area contributed by atoms with Crippen molar-refractivity contribution >= 4 is 13.8 Å². The van der Waals surface area contributed by atoms with Crippen LogP contribution in [0.15, 0.2) is 0 Å². The highest BCUT2D eigenvalue weighted by Gasteiger charge is 2.18. The molecule has 1 amide bonds. The summed E-state index contributed by atoms with van der Waals surface area (Å²) >= 11 is 0. The number of terminal acetylenes is 1. The molecule has 7 heteroatoms. The standard InChI is InChI=1S/C3H3FNO4P/c1-2-3(6)5-9-10(4,7)8/h1H,(H,5,6)(H,7,8). The quantitative estimate of drug-likeness (QED) is 0.337. The van der Waals surface area contributed by atoms with Crippen LogP contribution in [0, 0.1) is 12.3 Å². The lowest BCUT2D eigenvalue weighted by molar-refractivity contribution is -0.122. The Morgan fingerprint density at radius 3 is 2.70 bits per heavy atom. The second-order valence-corrected chi connectivity index (χ2v) is 2.20. The zero-order valence-corrected chi connectivity index (χ0v) is 5.47. The first kappa shape index (κ1) is 9.11. The molecular weight excluding hydrogens is 164 g/mol. The Bertz CT molecular complexity index is 215. The molecule has 0 aromatic rings. The topological polar surface area (TPSA) is 75.6 Å². The molecule has 0 aromatic carbocycles. The highest BCUT2D eigenvalue weighted by Crippen LogP contribution is 2.41. The molecule has 1 unspecified atom stereocenters. The van der Waals surface area contributed by atoms with Gasteiger partial charge in [-0.2, -0.15) is 4.62 Å². The molecule has 1 atom stereocenters. The first-order chi connectivity index (χ1) is 4.45. The zero-order chi connectivity index (χ0) is 8.20. The van der Waals surface area contributed by atoms with E-state index >= 15 is 0 Å². The number of nitrogens with one attached hydrogen (secondary N) is 1. The molecule has 0 radical (unpaired) electrons. The van der Waals surface area contributed by atoms with Crippen molar-refractivity contribution in [3.8, 4) is 12.3 Å². The Labute approximate surface area is 55.8 Å². The largest absolute Gasteiger partial charge is 0.532 e. The first-order valence-corrected chi connectivity index (χ1v) is 3.40. The molecule has 56 valence electrons. The summed E-state index contributed by atoms with van der Waals surface area (Å²) in [4.78, 5) is 17.7. The number of amides is 1. The summed E-state index contributed by atoms with van der Waals surface area (Å²) in [5.74, 6) is 0.331. The van der Waals surface area contributed by atoms with Gasteiger partial charge >= 0.3 is 13.8 Å². The van der Waals surface area contributed by atoms with Crippen LogP contribution in [0.4, 0.5) is 4.20 Å². The molecule has 0 aliphatic rings. The van der Waals surface area contributed by atoms with Gasteiger partial charge in [0.1, 0.15) is 0 Å². The van der Waals surface area contributed by atoms with Gasteiger partial charge in [0.25, 0.3) is 0 Å². The summed E-state index contributed by atoms with van der Waals surface area (Å²) in [6.07, 6.45) is 4.47. The van der Waals surface area contributed by atoms with E-state index < -0.39 is 13.8 Å². The van der Waals surface area contributed by atoms with Gasteiger partial charge in [-0.1, -0.05) is 0 Å². The van der Waals surface area contributed by atoms with E-state index in [9.17, 15) is 13.6 Å². The molecule has 0 saturated carbocycles. The van der Waals surface area contributed by atoms with E-state index in [4.69, 9.17) is 4.89 Å². The van der Waals surface area contributed by atoms with E-state index in [0.29, 0.717) is 0 Å². The van der Waals surface area contributed by atoms with Crippen LogP contribution in [0.25, 0.3) is 0 Å². The van der Waals surface area contributed by atoms with Gasteiger partial charge in [0.05, 0.1) is 0 Å². The molecule has 0 heterocycles. The number of hydroxylamine groups is 1. The monoisotopic (exact) mass is 167 g/mol. The molecule has 0 spiro atoms. The average Bonchev–Trinajstić information content (AvgIpc) is 1.81. The number of rotatable bonds is 2. The minimum Gasteiger partial charge on any atom is -0.298 e. The Morgan fingerprint density at radius 1 is 1.90 bits per heavy atom. The van der Waals surface area contributed by atoms with Crippen LogP contribution in [0.2, 0.25) is 0 Å². The molecule has 10 heavy (non-hydrogen) atoms. The van der Waals surface area contributed by atoms with Crippen LogP contribution >= 0.6 is 7.91 Å². The van der Waals surface area contributed by atoms with Crippen molar-refractivity contribution in [3.05, 3.63) is 0 Å². The smallest absolute Gasteiger partial charge is 0.298 e. The molecule has 0 aliphatic carbocycles. The van der Waals surface area contributed by atoms with Gasteiger partial charge in [-0.25, -0.2) is 10.0 Å². The van der Waals surface area contributed by atoms with Crippen molar-refractivity contribution in [3.63, 3.8) is 0 Å². The van der Waals surface area contributed by atoms with E-state index in [1.807, 2.05) is 0 Å². The minimum atomic E-state index is -5.16. The fourth-order valence-electron chi connectivity index (χ4n) is 0.127. The van der Waals surface area contributed by atoms with E-state index in [-0.39, 0.29) is 0 Å². The summed E-state index contributed by atoms with van der Waals surface area (Å²) in [6.45, 7) is 0. The van der Waals surface area contributed by atoms with Crippen molar-refractivity contribution in [1.29, 1.82) is 0 Å². The van der Waals surface area contributed by atoms with Crippen molar-refractivity contribution < 1.29 is 23.1 Å². The van der Waals surface area contributed by atoms with Gasteiger partial charge in [0, 0.05) is 0 Å². The van der Waals surface area contributed by atoms with Crippen LogP contribution in [0.3, 0.4) is 0 Å². The third kappa shape index (κ3) is 5.25. The summed E-state index contributed by atoms with van der Waals surface area (Å²) in [7, 11) is -5.16. The molecule has 0 aliphatic heterocycles. The van der Waals surface area contributed by atoms with Gasteiger partial charge in [-0.3, -0.25) is 9.69 Å². The normalized spacial score (nSPS) is 14.9. The van der Waals surface area contributed by atoms with Crippen LogP contribution in [-0.2, 0) is 14.0 Å². The zero-order valence-electron chi connectivity index (χ0n) is 4.57. The second-order valence-electron chi connectivity index (χ2n) is 1.12. The van der Waals surface area contributed by atoms with E-state index in [0.717, 1.165) is 0 Å². The fourth-order valence-corrected chi connectivity index (χ4v) is 0.323. The predicted octanol–water partition coefficient (Wildman–Crippen LogP) is -0.263. The molecule has 2 N–H and O–H groups in total. The Morgan fingerprint density at radius 2 is 2.40 bits per heavy atom. The fraction of sp³-hybridized carbons (Fsp3) is 0. The molecule has 0 aromatic heterocycles. The van der Waals surface area contributed by atoms with E-state index in [1.54, 1.807) is 0 Å². The Balaban J connectivity index is 3.70. The van der Waals surface area contributed by atoms with Crippen molar-refractivity contribution in [2.45, 2.75) is 0 Å². The summed E-state index contributed by atoms with van der Waals surface area (Å²) in [5, 5.41) is 0. The lowest BCUT2D eigenvalue weighted by Crippen LogP contribution is -2.19. The second kappa shape index (κ2) is 3.32. The van der Waals surface area contributed by atoms with Gasteiger partial charge in [-0.05, 0) is 5.92 Å². The summed E-state index contributed by atoms with van der Waals surface area (Å²) in [6, 6.07) is 0. The van der Waals surface area contributed by atoms with Crippen molar-refractivity contribution in [2.24, 2.45) is 0 Å². The maximum atomic E-state index is 11.5. The van der Waals surface area contributed by atoms with Crippen LogP contribution in [-0.4, -0.2) is 10.8 Å². The average molecular weight is 167 g/mol. The van der Waals surface area contributed by atoms with Gasteiger partial charge < -0.3 is 0 Å². The molecule has 0 fully saturated rings. The SMILES string of the molecule is C#CC(=O)NOP(=O)(O)F. The van der Waals surface area contributed by atoms with Gasteiger partial charge in [0.2, 0.25) is 0 Å². The predicted molar refractivity (Wildman–Crippen MR) is 29.0 cm³/mol. The lowest BCUT2D eigenvalue weighted by atomic mass is 10.7. The number of hydrogen-bond acceptors (Lipinski definition) is 3. The third-order valence-electron chi connectivity index (χ3n) is 0.382. The number of carbonyl (C=O) groups is 1. The van der Waals surface area contributed by atoms with Crippen molar-refractivity contribution in [2.75, 3.05) is 0 Å². The summed E-state index contributed by atoms with van der Waals surface area (Å²) in [5.41, 5.74) is 1.21. The molecule has 0 saturated heterocycles. The van der Waals surface area contributed by atoms with E-state index in [2.05, 4.69) is 11.0 Å². The maximum absolute atomic E-state index is 11.5. The maximum Gasteiger partial charge on any atom is 0.532 e. The molecular formula is C3H3FNO4P. The highest BCUT2D eigenvalue weighted by atomic mass is 31.2. The molecule has 0 rings (SSSR count). The number of hydrogen-bond donors (Lipinski definition) is 2. The van der Waals surface area contributed by atoms with Crippen LogP contribution in [0.5, 0.6) is 0 Å². The van der Waals surface area contributed by atoms with Crippen LogP contribution < -0.4 is 5.48 Å².